The monoisotopic (exact) mass is 274 g/mol. The lowest BCUT2D eigenvalue weighted by Gasteiger charge is -2.28. The molecule has 2 unspecified atom stereocenters. The van der Waals surface area contributed by atoms with Crippen molar-refractivity contribution in [2.45, 2.75) is 52.2 Å². The summed E-state index contributed by atoms with van der Waals surface area (Å²) in [6, 6.07) is 2.58. The molecule has 108 valence electrons. The summed E-state index contributed by atoms with van der Waals surface area (Å²) in [5, 5.41) is 18.1. The van der Waals surface area contributed by atoms with Gasteiger partial charge in [0.2, 0.25) is 0 Å². The molecular formula is C15H22N4O. The summed E-state index contributed by atoms with van der Waals surface area (Å²) >= 11 is 0. The van der Waals surface area contributed by atoms with Crippen molar-refractivity contribution in [2.75, 3.05) is 18.6 Å². The van der Waals surface area contributed by atoms with Crippen LogP contribution in [-0.2, 0) is 17.6 Å². The summed E-state index contributed by atoms with van der Waals surface area (Å²) < 4.78 is 5.61. The van der Waals surface area contributed by atoms with Gasteiger partial charge in [-0.05, 0) is 31.7 Å². The van der Waals surface area contributed by atoms with Crippen LogP contribution in [0.4, 0.5) is 5.82 Å². The molecule has 0 aliphatic carbocycles. The number of anilines is 1. The van der Waals surface area contributed by atoms with E-state index in [-0.39, 0.29) is 12.1 Å². The number of rotatable bonds is 4. The Bertz CT molecular complexity index is 523. The molecule has 1 saturated heterocycles. The van der Waals surface area contributed by atoms with E-state index in [2.05, 4.69) is 35.0 Å². The SMILES string of the molecule is CCc1nnc(N(C)C2CCOC2C)c(C#N)c1CC. The van der Waals surface area contributed by atoms with Crippen molar-refractivity contribution in [3.05, 3.63) is 16.8 Å². The summed E-state index contributed by atoms with van der Waals surface area (Å²) in [7, 11) is 1.98. The first kappa shape index (κ1) is 14.7. The highest BCUT2D eigenvalue weighted by Gasteiger charge is 2.30. The van der Waals surface area contributed by atoms with Crippen LogP contribution in [0.25, 0.3) is 0 Å². The predicted octanol–water partition coefficient (Wildman–Crippen LogP) is 2.09. The van der Waals surface area contributed by atoms with E-state index in [1.165, 1.54) is 0 Å². The second-order valence-electron chi connectivity index (χ2n) is 5.19. The summed E-state index contributed by atoms with van der Waals surface area (Å²) in [6.07, 6.45) is 2.72. The van der Waals surface area contributed by atoms with Gasteiger partial charge in [-0.25, -0.2) is 0 Å². The molecule has 5 heteroatoms. The molecule has 1 aliphatic rings. The van der Waals surface area contributed by atoms with Crippen molar-refractivity contribution in [3.8, 4) is 6.07 Å². The third kappa shape index (κ3) is 2.48. The average molecular weight is 274 g/mol. The lowest BCUT2D eigenvalue weighted by atomic mass is 10.0. The largest absolute Gasteiger partial charge is 0.376 e. The van der Waals surface area contributed by atoms with Crippen LogP contribution in [-0.4, -0.2) is 36.0 Å². The van der Waals surface area contributed by atoms with Gasteiger partial charge >= 0.3 is 0 Å². The van der Waals surface area contributed by atoms with Crippen LogP contribution in [0.1, 0.15) is 44.0 Å². The fourth-order valence-electron chi connectivity index (χ4n) is 2.91. The molecule has 0 radical (unpaired) electrons. The van der Waals surface area contributed by atoms with Crippen LogP contribution < -0.4 is 4.90 Å². The average Bonchev–Trinajstić information content (AvgIpc) is 2.90. The van der Waals surface area contributed by atoms with E-state index >= 15 is 0 Å². The number of nitrogens with zero attached hydrogens (tertiary/aromatic N) is 4. The highest BCUT2D eigenvalue weighted by Crippen LogP contribution is 2.27. The van der Waals surface area contributed by atoms with Crippen molar-refractivity contribution in [1.82, 2.24) is 10.2 Å². The van der Waals surface area contributed by atoms with Gasteiger partial charge in [0.15, 0.2) is 5.82 Å². The van der Waals surface area contributed by atoms with Gasteiger partial charge in [-0.3, -0.25) is 0 Å². The smallest absolute Gasteiger partial charge is 0.169 e. The summed E-state index contributed by atoms with van der Waals surface area (Å²) in [5.74, 6) is 0.684. The van der Waals surface area contributed by atoms with Crippen LogP contribution in [0.5, 0.6) is 0 Å². The second kappa shape index (κ2) is 6.19. The van der Waals surface area contributed by atoms with Gasteiger partial charge in [-0.1, -0.05) is 13.8 Å². The Hall–Kier alpha value is -1.67. The Kier molecular flexibility index (Phi) is 4.56. The number of likely N-dealkylation sites (N-methyl/N-ethyl adjacent to an activating group) is 1. The number of hydrogen-bond donors (Lipinski definition) is 0. The van der Waals surface area contributed by atoms with Crippen molar-refractivity contribution in [2.24, 2.45) is 0 Å². The van der Waals surface area contributed by atoms with E-state index in [1.807, 2.05) is 14.0 Å². The maximum atomic E-state index is 9.53. The molecule has 1 aromatic rings. The zero-order chi connectivity index (χ0) is 14.7. The van der Waals surface area contributed by atoms with Crippen LogP contribution in [0.15, 0.2) is 0 Å². The normalized spacial score (nSPS) is 21.8. The number of aryl methyl sites for hydroxylation is 1. The fraction of sp³-hybridized carbons (Fsp3) is 0.667. The van der Waals surface area contributed by atoms with E-state index in [0.717, 1.165) is 37.1 Å². The molecule has 2 heterocycles. The quantitative estimate of drug-likeness (QED) is 0.841. The second-order valence-corrected chi connectivity index (χ2v) is 5.19. The molecule has 0 bridgehead atoms. The molecule has 1 fully saturated rings. The lowest BCUT2D eigenvalue weighted by molar-refractivity contribution is 0.118. The number of hydrogen-bond acceptors (Lipinski definition) is 5. The van der Waals surface area contributed by atoms with E-state index in [4.69, 9.17) is 4.74 Å². The lowest BCUT2D eigenvalue weighted by Crippen LogP contribution is -2.38. The Morgan fingerprint density at radius 3 is 2.60 bits per heavy atom. The molecule has 0 spiro atoms. The molecule has 20 heavy (non-hydrogen) atoms. The Labute approximate surface area is 120 Å². The van der Waals surface area contributed by atoms with E-state index in [9.17, 15) is 5.26 Å². The summed E-state index contributed by atoms with van der Waals surface area (Å²) in [4.78, 5) is 2.06. The van der Waals surface area contributed by atoms with Gasteiger partial charge < -0.3 is 9.64 Å². The standard InChI is InChI=1S/C15H22N4O/c1-5-11-12(9-16)15(18-17-13(11)6-2)19(4)14-7-8-20-10(14)3/h10,14H,5-8H2,1-4H3. The highest BCUT2D eigenvalue weighted by molar-refractivity contribution is 5.58. The zero-order valence-electron chi connectivity index (χ0n) is 12.7. The number of ether oxygens (including phenoxy) is 1. The maximum absolute atomic E-state index is 9.53. The van der Waals surface area contributed by atoms with E-state index < -0.39 is 0 Å². The zero-order valence-corrected chi connectivity index (χ0v) is 12.7. The first-order valence-corrected chi connectivity index (χ1v) is 7.26. The third-order valence-corrected chi connectivity index (χ3v) is 4.11. The molecule has 2 atom stereocenters. The molecule has 0 N–H and O–H groups in total. The maximum Gasteiger partial charge on any atom is 0.169 e. The molecule has 0 amide bonds. The van der Waals surface area contributed by atoms with Gasteiger partial charge in [-0.15, -0.1) is 5.10 Å². The molecular weight excluding hydrogens is 252 g/mol. The van der Waals surface area contributed by atoms with Gasteiger partial charge in [0.1, 0.15) is 11.6 Å². The van der Waals surface area contributed by atoms with Crippen molar-refractivity contribution in [1.29, 1.82) is 5.26 Å². The topological polar surface area (TPSA) is 62.0 Å². The van der Waals surface area contributed by atoms with Crippen LogP contribution in [0, 0.1) is 11.3 Å². The van der Waals surface area contributed by atoms with Gasteiger partial charge in [0, 0.05) is 13.7 Å². The minimum atomic E-state index is 0.157. The van der Waals surface area contributed by atoms with E-state index in [0.29, 0.717) is 11.4 Å². The predicted molar refractivity (Wildman–Crippen MR) is 77.7 cm³/mol. The molecule has 1 aromatic heterocycles. The van der Waals surface area contributed by atoms with Gasteiger partial charge in [-0.2, -0.15) is 10.4 Å². The first-order chi connectivity index (χ1) is 9.63. The minimum absolute atomic E-state index is 0.157. The Balaban J connectivity index is 2.44. The number of aromatic nitrogens is 2. The van der Waals surface area contributed by atoms with Crippen molar-refractivity contribution in [3.63, 3.8) is 0 Å². The van der Waals surface area contributed by atoms with Crippen LogP contribution in [0.3, 0.4) is 0 Å². The number of nitriles is 1. The Morgan fingerprint density at radius 1 is 1.35 bits per heavy atom. The van der Waals surface area contributed by atoms with Gasteiger partial charge in [0.25, 0.3) is 0 Å². The summed E-state index contributed by atoms with van der Waals surface area (Å²) in [6.45, 7) is 6.93. The minimum Gasteiger partial charge on any atom is -0.376 e. The molecule has 0 saturated carbocycles. The molecule has 1 aliphatic heterocycles. The van der Waals surface area contributed by atoms with Crippen LogP contribution >= 0.6 is 0 Å². The van der Waals surface area contributed by atoms with E-state index in [1.54, 1.807) is 0 Å². The van der Waals surface area contributed by atoms with Crippen molar-refractivity contribution < 1.29 is 4.74 Å². The Morgan fingerprint density at radius 2 is 2.10 bits per heavy atom. The highest BCUT2D eigenvalue weighted by atomic mass is 16.5. The fourth-order valence-corrected chi connectivity index (χ4v) is 2.91. The summed E-state index contributed by atoms with van der Waals surface area (Å²) in [5.41, 5.74) is 2.62. The molecule has 0 aromatic carbocycles. The third-order valence-electron chi connectivity index (χ3n) is 4.11. The van der Waals surface area contributed by atoms with Gasteiger partial charge in [0.05, 0.1) is 17.8 Å². The molecule has 5 nitrogen and oxygen atoms in total. The van der Waals surface area contributed by atoms with Crippen LogP contribution in [0.2, 0.25) is 0 Å². The molecule has 2 rings (SSSR count). The van der Waals surface area contributed by atoms with Crippen molar-refractivity contribution >= 4 is 5.82 Å². The first-order valence-electron chi connectivity index (χ1n) is 7.26.